The minimum atomic E-state index is -1.52. The molecule has 0 aromatic heterocycles. The number of hydrogen-bond acceptors (Lipinski definition) is 1. The van der Waals surface area contributed by atoms with Crippen molar-refractivity contribution < 1.29 is 10.1 Å². The zero-order valence-corrected chi connectivity index (χ0v) is 12.4. The highest BCUT2D eigenvalue weighted by atomic mass is 35.6. The molecule has 6 heteroatoms. The smallest absolute Gasteiger partial charge is 0.262 e. The molecule has 0 spiro atoms. The van der Waals surface area contributed by atoms with Gasteiger partial charge in [-0.1, -0.05) is 41.7 Å². The van der Waals surface area contributed by atoms with Gasteiger partial charge in [0, 0.05) is 6.42 Å². The van der Waals surface area contributed by atoms with E-state index in [1.807, 2.05) is 33.0 Å². The zero-order valence-electron chi connectivity index (χ0n) is 10.1. The van der Waals surface area contributed by atoms with E-state index in [-0.39, 0.29) is 11.4 Å². The van der Waals surface area contributed by atoms with Gasteiger partial charge >= 0.3 is 0 Å². The average molecular weight is 291 g/mol. The van der Waals surface area contributed by atoms with Crippen molar-refractivity contribution in [1.29, 1.82) is 0 Å². The van der Waals surface area contributed by atoms with Crippen LogP contribution in [0.1, 0.15) is 40.5 Å². The Balaban J connectivity index is 4.52. The number of carbonyl (C=O) groups excluding carboxylic acids is 1. The van der Waals surface area contributed by atoms with E-state index in [0.29, 0.717) is 6.42 Å². The summed E-state index contributed by atoms with van der Waals surface area (Å²) in [7, 11) is 0. The van der Waals surface area contributed by atoms with Crippen molar-refractivity contribution in [2.75, 3.05) is 0 Å². The highest BCUT2D eigenvalue weighted by Gasteiger charge is 2.39. The third-order valence-corrected chi connectivity index (χ3v) is 2.52. The van der Waals surface area contributed by atoms with Gasteiger partial charge in [-0.2, -0.15) is 0 Å². The van der Waals surface area contributed by atoms with Crippen molar-refractivity contribution in [2.24, 2.45) is 0 Å². The number of hydrogen-bond donors (Lipinski definition) is 2. The Morgan fingerprint density at radius 2 is 1.81 bits per heavy atom. The van der Waals surface area contributed by atoms with E-state index in [1.165, 1.54) is 0 Å². The maximum absolute atomic E-state index is 11.5. The molecule has 1 amide bonds. The second kappa shape index (κ2) is 6.29. The number of nitrogens with one attached hydrogen (secondary N) is 1. The van der Waals surface area contributed by atoms with Crippen LogP contribution in [0.25, 0.3) is 0 Å². The molecule has 0 aromatic carbocycles. The molecule has 0 saturated heterocycles. The maximum atomic E-state index is 11.5. The zero-order chi connectivity index (χ0) is 13.0. The Morgan fingerprint density at radius 1 is 1.31 bits per heavy atom. The van der Waals surface area contributed by atoms with Gasteiger partial charge in [0.15, 0.2) is 0 Å². The fourth-order valence-electron chi connectivity index (χ4n) is 1.19. The summed E-state index contributed by atoms with van der Waals surface area (Å²) in [6.45, 7) is 7.89. The molecule has 0 aromatic rings. The third kappa shape index (κ3) is 7.55. The molecule has 0 aliphatic heterocycles. The molecule has 0 aliphatic carbocycles. The Bertz CT molecular complexity index is 233. The third-order valence-electron chi connectivity index (χ3n) is 1.81. The molecular weight excluding hydrogens is 270 g/mol. The van der Waals surface area contributed by atoms with E-state index in [2.05, 4.69) is 5.32 Å². The minimum Gasteiger partial charge on any atom is -0.319 e. The molecule has 96 valence electrons. The number of quaternary nitrogens is 1. The second-order valence-electron chi connectivity index (χ2n) is 4.87. The summed E-state index contributed by atoms with van der Waals surface area (Å²) in [5, 5.41) is 4.56. The van der Waals surface area contributed by atoms with E-state index in [4.69, 9.17) is 34.8 Å². The molecule has 0 unspecified atom stereocenters. The molecule has 0 bridgehead atoms. The highest BCUT2D eigenvalue weighted by molar-refractivity contribution is 6.68. The number of nitrogens with two attached hydrogens (primary N) is 1. The van der Waals surface area contributed by atoms with Crippen LogP contribution in [0.2, 0.25) is 0 Å². The molecule has 0 rings (SSSR count). The predicted octanol–water partition coefficient (Wildman–Crippen LogP) is 1.96. The van der Waals surface area contributed by atoms with Crippen LogP contribution in [0.5, 0.6) is 0 Å². The molecule has 0 aliphatic rings. The largest absolute Gasteiger partial charge is 0.319 e. The number of carbonyl (C=O) groups is 1. The maximum Gasteiger partial charge on any atom is 0.262 e. The lowest BCUT2D eigenvalue weighted by Gasteiger charge is -2.29. The summed E-state index contributed by atoms with van der Waals surface area (Å²) in [6.07, 6.45) is 0.639. The van der Waals surface area contributed by atoms with Gasteiger partial charge in [-0.25, -0.2) is 0 Å². The van der Waals surface area contributed by atoms with Gasteiger partial charge in [0.1, 0.15) is 0 Å². The topological polar surface area (TPSA) is 45.7 Å². The fraction of sp³-hybridized carbons (Fsp3) is 0.900. The van der Waals surface area contributed by atoms with Crippen molar-refractivity contribution in [3.8, 4) is 0 Å². The van der Waals surface area contributed by atoms with Crippen molar-refractivity contribution >= 4 is 40.7 Å². The standard InChI is InChI=1S/C10H19Cl3N2O/c1-5-6-7(16)14-8(10(11,12)13)15-9(2,3)4/h8,15H,5-6H2,1-4H3,(H,14,16)/p+1/t8-/m1/s1. The second-order valence-corrected chi connectivity index (χ2v) is 7.24. The summed E-state index contributed by atoms with van der Waals surface area (Å²) in [5.41, 5.74) is -0.131. The number of alkyl halides is 3. The normalized spacial score (nSPS) is 14.7. The van der Waals surface area contributed by atoms with E-state index in [9.17, 15) is 4.79 Å². The lowest BCUT2D eigenvalue weighted by atomic mass is 10.1. The lowest BCUT2D eigenvalue weighted by molar-refractivity contribution is -0.749. The van der Waals surface area contributed by atoms with Crippen LogP contribution in [0.15, 0.2) is 0 Å². The molecule has 16 heavy (non-hydrogen) atoms. The number of rotatable bonds is 4. The SMILES string of the molecule is CCCC(=O)N[C@H]([NH2+]C(C)(C)C)C(Cl)(Cl)Cl. The van der Waals surface area contributed by atoms with Crippen LogP contribution >= 0.6 is 34.8 Å². The van der Waals surface area contributed by atoms with E-state index < -0.39 is 9.96 Å². The Kier molecular flexibility index (Phi) is 6.41. The van der Waals surface area contributed by atoms with E-state index in [1.54, 1.807) is 0 Å². The molecule has 0 fully saturated rings. The van der Waals surface area contributed by atoms with Crippen LogP contribution in [0.4, 0.5) is 0 Å². The highest BCUT2D eigenvalue weighted by Crippen LogP contribution is 2.27. The Morgan fingerprint density at radius 3 is 2.12 bits per heavy atom. The Labute approximate surface area is 112 Å². The molecule has 0 radical (unpaired) electrons. The molecule has 0 saturated carbocycles. The first-order valence-corrected chi connectivity index (χ1v) is 6.41. The van der Waals surface area contributed by atoms with Crippen LogP contribution in [0.3, 0.4) is 0 Å². The van der Waals surface area contributed by atoms with Crippen molar-refractivity contribution in [3.63, 3.8) is 0 Å². The van der Waals surface area contributed by atoms with Crippen molar-refractivity contribution in [3.05, 3.63) is 0 Å². The van der Waals surface area contributed by atoms with Crippen molar-refractivity contribution in [2.45, 2.75) is 56.0 Å². The van der Waals surface area contributed by atoms with Gasteiger partial charge in [-0.3, -0.25) is 4.79 Å². The first-order valence-electron chi connectivity index (χ1n) is 5.28. The van der Waals surface area contributed by atoms with Crippen LogP contribution in [-0.2, 0) is 4.79 Å². The van der Waals surface area contributed by atoms with Gasteiger partial charge in [-0.15, -0.1) is 0 Å². The summed E-state index contributed by atoms with van der Waals surface area (Å²) in [4.78, 5) is 11.5. The first kappa shape index (κ1) is 16.3. The predicted molar refractivity (Wildman–Crippen MR) is 68.8 cm³/mol. The van der Waals surface area contributed by atoms with Gasteiger partial charge in [-0.05, 0) is 27.2 Å². The van der Waals surface area contributed by atoms with Gasteiger partial charge in [0.25, 0.3) is 3.79 Å². The van der Waals surface area contributed by atoms with Gasteiger partial charge in [0.05, 0.1) is 5.54 Å². The summed E-state index contributed by atoms with van der Waals surface area (Å²) >= 11 is 17.5. The van der Waals surface area contributed by atoms with Crippen LogP contribution in [0, 0.1) is 0 Å². The van der Waals surface area contributed by atoms with Gasteiger partial charge in [0.2, 0.25) is 12.1 Å². The molecule has 3 nitrogen and oxygen atoms in total. The van der Waals surface area contributed by atoms with Gasteiger partial charge < -0.3 is 10.6 Å². The summed E-state index contributed by atoms with van der Waals surface area (Å²) in [5.74, 6) is -0.0978. The minimum absolute atomic E-state index is 0.0978. The Hall–Kier alpha value is 0.300. The summed E-state index contributed by atoms with van der Waals surface area (Å²) in [6, 6.07) is 0. The summed E-state index contributed by atoms with van der Waals surface area (Å²) < 4.78 is -1.52. The number of amides is 1. The number of halogens is 3. The monoisotopic (exact) mass is 289 g/mol. The fourth-order valence-corrected chi connectivity index (χ4v) is 1.54. The molecular formula is C10H20Cl3N2O+. The van der Waals surface area contributed by atoms with Crippen LogP contribution in [-0.4, -0.2) is 21.4 Å². The van der Waals surface area contributed by atoms with E-state index in [0.717, 1.165) is 6.42 Å². The molecule has 3 N–H and O–H groups in total. The van der Waals surface area contributed by atoms with Crippen molar-refractivity contribution in [1.82, 2.24) is 5.32 Å². The molecule has 1 atom stereocenters. The van der Waals surface area contributed by atoms with E-state index >= 15 is 0 Å². The average Bonchev–Trinajstić information content (AvgIpc) is 1.98. The first-order chi connectivity index (χ1) is 7.06. The quantitative estimate of drug-likeness (QED) is 0.603. The lowest BCUT2D eigenvalue weighted by Crippen LogP contribution is -3.03. The van der Waals surface area contributed by atoms with Crippen LogP contribution < -0.4 is 10.6 Å². The molecule has 0 heterocycles.